The van der Waals surface area contributed by atoms with Gasteiger partial charge in [0.15, 0.2) is 5.69 Å². The zero-order valence-electron chi connectivity index (χ0n) is 16.9. The fraction of sp³-hybridized carbons (Fsp3) is 0.524. The Balaban J connectivity index is 1.61. The molecule has 1 fully saturated rings. The molecule has 9 heteroatoms. The molecule has 1 unspecified atom stereocenters. The monoisotopic (exact) mass is 426 g/mol. The lowest BCUT2D eigenvalue weighted by molar-refractivity contribution is -0.143. The average Bonchev–Trinajstić information content (AvgIpc) is 3.13. The van der Waals surface area contributed by atoms with Crippen LogP contribution in [0.4, 0.5) is 17.6 Å². The highest BCUT2D eigenvalue weighted by Crippen LogP contribution is 2.34. The van der Waals surface area contributed by atoms with Crippen LogP contribution in [0.5, 0.6) is 0 Å². The molecule has 1 aromatic heterocycles. The predicted molar refractivity (Wildman–Crippen MR) is 105 cm³/mol. The van der Waals surface area contributed by atoms with Gasteiger partial charge in [0.05, 0.1) is 11.8 Å². The van der Waals surface area contributed by atoms with E-state index in [0.717, 1.165) is 38.3 Å². The Morgan fingerprint density at radius 1 is 1.27 bits per heavy atom. The zero-order valence-corrected chi connectivity index (χ0v) is 16.9. The Labute approximate surface area is 173 Å². The van der Waals surface area contributed by atoms with Gasteiger partial charge in [-0.2, -0.15) is 18.3 Å². The van der Waals surface area contributed by atoms with Crippen LogP contribution in [0, 0.1) is 11.7 Å². The predicted octanol–water partition coefficient (Wildman–Crippen LogP) is 4.27. The van der Waals surface area contributed by atoms with Gasteiger partial charge in [-0.25, -0.2) is 9.07 Å². The second kappa shape index (κ2) is 9.59. The minimum absolute atomic E-state index is 0.268. The summed E-state index contributed by atoms with van der Waals surface area (Å²) >= 11 is 0. The molecule has 0 spiro atoms. The molecular formula is C21H26F4N4O. The zero-order chi connectivity index (χ0) is 21.7. The molecule has 1 aromatic carbocycles. The van der Waals surface area contributed by atoms with Crippen LogP contribution in [0.3, 0.4) is 0 Å². The van der Waals surface area contributed by atoms with Gasteiger partial charge in [0.1, 0.15) is 11.5 Å². The third kappa shape index (κ3) is 5.38. The number of benzene rings is 1. The molecule has 164 valence electrons. The molecule has 1 amide bonds. The van der Waals surface area contributed by atoms with E-state index >= 15 is 0 Å². The molecule has 0 radical (unpaired) electrons. The van der Waals surface area contributed by atoms with Crippen LogP contribution in [0.1, 0.15) is 48.7 Å². The highest BCUT2D eigenvalue weighted by molar-refractivity contribution is 5.95. The fourth-order valence-electron chi connectivity index (χ4n) is 3.84. The molecule has 5 nitrogen and oxygen atoms in total. The number of rotatable bonds is 7. The van der Waals surface area contributed by atoms with E-state index in [1.165, 1.54) is 31.0 Å². The van der Waals surface area contributed by atoms with Crippen LogP contribution in [-0.2, 0) is 6.18 Å². The molecule has 30 heavy (non-hydrogen) atoms. The van der Waals surface area contributed by atoms with Crippen molar-refractivity contribution in [2.45, 2.75) is 38.8 Å². The molecule has 2 heterocycles. The molecule has 3 rings (SSSR count). The van der Waals surface area contributed by atoms with Crippen molar-refractivity contribution in [2.24, 2.45) is 5.92 Å². The number of unbranched alkanes of at least 4 members (excludes halogenated alkanes) is 1. The summed E-state index contributed by atoms with van der Waals surface area (Å²) in [7, 11) is 0. The number of carbonyl (C=O) groups is 1. The van der Waals surface area contributed by atoms with Crippen LogP contribution in [0.15, 0.2) is 30.5 Å². The summed E-state index contributed by atoms with van der Waals surface area (Å²) in [5.41, 5.74) is -2.26. The Hall–Kier alpha value is -2.42. The van der Waals surface area contributed by atoms with Gasteiger partial charge >= 0.3 is 6.18 Å². The minimum Gasteiger partial charge on any atom is -0.352 e. The average molecular weight is 426 g/mol. The summed E-state index contributed by atoms with van der Waals surface area (Å²) in [6.07, 6.45) is -0.0814. The first-order valence-corrected chi connectivity index (χ1v) is 10.2. The summed E-state index contributed by atoms with van der Waals surface area (Å²) in [5, 5.41) is 6.17. The highest BCUT2D eigenvalue weighted by Gasteiger charge is 2.40. The van der Waals surface area contributed by atoms with Crippen molar-refractivity contribution in [3.63, 3.8) is 0 Å². The summed E-state index contributed by atoms with van der Waals surface area (Å²) in [5.74, 6) is -1.04. The van der Waals surface area contributed by atoms with Crippen molar-refractivity contribution >= 4 is 5.91 Å². The molecule has 1 atom stereocenters. The van der Waals surface area contributed by atoms with E-state index in [9.17, 15) is 22.4 Å². The first-order chi connectivity index (χ1) is 14.3. The van der Waals surface area contributed by atoms with Gasteiger partial charge in [0, 0.05) is 13.1 Å². The lowest BCUT2D eigenvalue weighted by Crippen LogP contribution is -2.35. The second-order valence-electron chi connectivity index (χ2n) is 7.78. The van der Waals surface area contributed by atoms with Crippen LogP contribution < -0.4 is 5.32 Å². The number of hydrogen-bond donors (Lipinski definition) is 1. The SMILES string of the molecule is CC1CCCN(CCCCNC(=O)c2cnn(-c3ccccc3F)c2C(F)(F)F)C1. The van der Waals surface area contributed by atoms with Crippen molar-refractivity contribution in [1.29, 1.82) is 0 Å². The minimum atomic E-state index is -4.86. The maximum atomic E-state index is 14.0. The number of nitrogens with one attached hydrogen (secondary N) is 1. The van der Waals surface area contributed by atoms with E-state index in [1.54, 1.807) is 0 Å². The molecule has 0 bridgehead atoms. The van der Waals surface area contributed by atoms with Gasteiger partial charge in [-0.3, -0.25) is 4.79 Å². The number of para-hydroxylation sites is 1. The van der Waals surface area contributed by atoms with E-state index in [1.807, 2.05) is 0 Å². The first kappa shape index (κ1) is 22.3. The Kier molecular flexibility index (Phi) is 7.12. The van der Waals surface area contributed by atoms with Gasteiger partial charge in [0.2, 0.25) is 0 Å². The molecule has 0 aliphatic carbocycles. The lowest BCUT2D eigenvalue weighted by atomic mass is 10.0. The summed E-state index contributed by atoms with van der Waals surface area (Å²) < 4.78 is 55.3. The van der Waals surface area contributed by atoms with Crippen LogP contribution in [0.25, 0.3) is 5.69 Å². The molecule has 1 aliphatic heterocycles. The number of hydrogen-bond acceptors (Lipinski definition) is 3. The summed E-state index contributed by atoms with van der Waals surface area (Å²) in [6, 6.07) is 5.00. The molecule has 1 N–H and O–H groups in total. The Morgan fingerprint density at radius 3 is 2.73 bits per heavy atom. The van der Waals surface area contributed by atoms with E-state index < -0.39 is 29.2 Å². The maximum Gasteiger partial charge on any atom is 0.434 e. The summed E-state index contributed by atoms with van der Waals surface area (Å²) in [4.78, 5) is 14.8. The Bertz CT molecular complexity index is 865. The number of halogens is 4. The number of alkyl halides is 3. The normalized spacial score (nSPS) is 17.8. The van der Waals surface area contributed by atoms with Crippen molar-refractivity contribution < 1.29 is 22.4 Å². The van der Waals surface area contributed by atoms with Crippen molar-refractivity contribution in [2.75, 3.05) is 26.2 Å². The largest absolute Gasteiger partial charge is 0.434 e. The molecule has 0 saturated carbocycles. The number of aromatic nitrogens is 2. The topological polar surface area (TPSA) is 50.2 Å². The van der Waals surface area contributed by atoms with Crippen LogP contribution in [-0.4, -0.2) is 46.8 Å². The van der Waals surface area contributed by atoms with Crippen molar-refractivity contribution in [3.05, 3.63) is 47.5 Å². The van der Waals surface area contributed by atoms with Crippen LogP contribution in [0.2, 0.25) is 0 Å². The quantitative estimate of drug-likeness (QED) is 0.531. The van der Waals surface area contributed by atoms with Crippen molar-refractivity contribution in [1.82, 2.24) is 20.0 Å². The van der Waals surface area contributed by atoms with E-state index in [4.69, 9.17) is 0 Å². The standard InChI is InChI=1S/C21H26F4N4O/c1-15-7-6-12-28(14-15)11-5-4-10-26-20(30)16-13-27-29(19(16)21(23,24)25)18-9-3-2-8-17(18)22/h2-3,8-9,13,15H,4-7,10-12,14H2,1H3,(H,26,30). The molecular weight excluding hydrogens is 400 g/mol. The Morgan fingerprint density at radius 2 is 2.03 bits per heavy atom. The smallest absolute Gasteiger partial charge is 0.352 e. The van der Waals surface area contributed by atoms with Gasteiger partial charge in [-0.05, 0) is 56.8 Å². The van der Waals surface area contributed by atoms with Crippen molar-refractivity contribution in [3.8, 4) is 5.69 Å². The fourth-order valence-corrected chi connectivity index (χ4v) is 3.84. The number of carbonyl (C=O) groups excluding carboxylic acids is 1. The van der Waals surface area contributed by atoms with Gasteiger partial charge < -0.3 is 10.2 Å². The highest BCUT2D eigenvalue weighted by atomic mass is 19.4. The van der Waals surface area contributed by atoms with E-state index in [0.29, 0.717) is 17.0 Å². The van der Waals surface area contributed by atoms with Gasteiger partial charge in [-0.15, -0.1) is 0 Å². The van der Waals surface area contributed by atoms with E-state index in [-0.39, 0.29) is 12.2 Å². The molecule has 2 aromatic rings. The number of nitrogens with zero attached hydrogens (tertiary/aromatic N) is 3. The number of amides is 1. The van der Waals surface area contributed by atoms with E-state index in [2.05, 4.69) is 22.2 Å². The number of piperidine rings is 1. The first-order valence-electron chi connectivity index (χ1n) is 10.2. The van der Waals surface area contributed by atoms with Gasteiger partial charge in [0.25, 0.3) is 5.91 Å². The van der Waals surface area contributed by atoms with Gasteiger partial charge in [-0.1, -0.05) is 19.1 Å². The maximum absolute atomic E-state index is 14.0. The van der Waals surface area contributed by atoms with Crippen LogP contribution >= 0.6 is 0 Å². The molecule has 1 aliphatic rings. The second-order valence-corrected chi connectivity index (χ2v) is 7.78. The lowest BCUT2D eigenvalue weighted by Gasteiger charge is -2.30. The summed E-state index contributed by atoms with van der Waals surface area (Å²) in [6.45, 7) is 5.55. The number of likely N-dealkylation sites (tertiary alicyclic amines) is 1. The third-order valence-electron chi connectivity index (χ3n) is 5.29. The molecule has 1 saturated heterocycles. The third-order valence-corrected chi connectivity index (χ3v) is 5.29.